The minimum Gasteiger partial charge on any atom is -0.476 e. The highest BCUT2D eigenvalue weighted by Crippen LogP contribution is 2.30. The van der Waals surface area contributed by atoms with Crippen molar-refractivity contribution in [2.45, 2.75) is 38.6 Å². The van der Waals surface area contributed by atoms with Crippen LogP contribution in [0.1, 0.15) is 49.1 Å². The van der Waals surface area contributed by atoms with Crippen molar-refractivity contribution in [3.05, 3.63) is 28.2 Å². The molecular formula is C12H16N2O3. The van der Waals surface area contributed by atoms with Gasteiger partial charge in [0.25, 0.3) is 5.56 Å². The summed E-state index contributed by atoms with van der Waals surface area (Å²) in [5, 5.41) is 12.8. The summed E-state index contributed by atoms with van der Waals surface area (Å²) in [5.74, 6) is -0.410. The molecule has 1 saturated carbocycles. The first-order valence-electron chi connectivity index (χ1n) is 5.91. The molecule has 0 radical (unpaired) electrons. The summed E-state index contributed by atoms with van der Waals surface area (Å²) in [6, 6.07) is 2.60. The van der Waals surface area contributed by atoms with Crippen molar-refractivity contribution in [3.63, 3.8) is 0 Å². The van der Waals surface area contributed by atoms with Crippen LogP contribution in [0.2, 0.25) is 0 Å². The topological polar surface area (TPSA) is 72.2 Å². The molecule has 0 amide bonds. The van der Waals surface area contributed by atoms with E-state index in [0.717, 1.165) is 25.7 Å². The fourth-order valence-electron chi connectivity index (χ4n) is 2.29. The standard InChI is InChI=1S/C12H16N2O3/c1-8-2-4-9(5-3-8)14-11(15)7-6-10(13-14)12(16)17/h6-9H,2-5H2,1H3,(H,16,17). The fraction of sp³-hybridized carbons (Fsp3) is 0.583. The third-order valence-corrected chi connectivity index (χ3v) is 3.38. The minimum absolute atomic E-state index is 0.0537. The lowest BCUT2D eigenvalue weighted by Crippen LogP contribution is -2.30. The average molecular weight is 236 g/mol. The van der Waals surface area contributed by atoms with E-state index in [0.29, 0.717) is 5.92 Å². The molecule has 0 atom stereocenters. The lowest BCUT2D eigenvalue weighted by atomic mass is 9.87. The van der Waals surface area contributed by atoms with Crippen molar-refractivity contribution in [1.82, 2.24) is 9.78 Å². The molecule has 1 heterocycles. The summed E-state index contributed by atoms with van der Waals surface area (Å²) in [4.78, 5) is 22.5. The van der Waals surface area contributed by atoms with Crippen LogP contribution in [0.25, 0.3) is 0 Å². The molecule has 0 saturated heterocycles. The van der Waals surface area contributed by atoms with Crippen molar-refractivity contribution < 1.29 is 9.90 Å². The Morgan fingerprint density at radius 1 is 1.35 bits per heavy atom. The van der Waals surface area contributed by atoms with Crippen LogP contribution in [-0.2, 0) is 0 Å². The zero-order valence-electron chi connectivity index (χ0n) is 9.80. The van der Waals surface area contributed by atoms with E-state index >= 15 is 0 Å². The molecular weight excluding hydrogens is 220 g/mol. The van der Waals surface area contributed by atoms with E-state index in [1.165, 1.54) is 16.8 Å². The van der Waals surface area contributed by atoms with Gasteiger partial charge in [-0.2, -0.15) is 5.10 Å². The van der Waals surface area contributed by atoms with Gasteiger partial charge < -0.3 is 5.11 Å². The van der Waals surface area contributed by atoms with Gasteiger partial charge >= 0.3 is 5.97 Å². The first-order chi connectivity index (χ1) is 8.08. The van der Waals surface area contributed by atoms with E-state index in [-0.39, 0.29) is 17.3 Å². The largest absolute Gasteiger partial charge is 0.476 e. The van der Waals surface area contributed by atoms with Crippen molar-refractivity contribution in [1.29, 1.82) is 0 Å². The molecule has 0 aliphatic heterocycles. The van der Waals surface area contributed by atoms with Gasteiger partial charge in [0.2, 0.25) is 0 Å². The second kappa shape index (κ2) is 4.69. The highest BCUT2D eigenvalue weighted by atomic mass is 16.4. The van der Waals surface area contributed by atoms with E-state index in [4.69, 9.17) is 5.11 Å². The average Bonchev–Trinajstić information content (AvgIpc) is 2.31. The first-order valence-corrected chi connectivity index (χ1v) is 5.91. The van der Waals surface area contributed by atoms with E-state index < -0.39 is 5.97 Å². The van der Waals surface area contributed by atoms with Gasteiger partial charge in [-0.05, 0) is 37.7 Å². The van der Waals surface area contributed by atoms with Gasteiger partial charge in [-0.15, -0.1) is 0 Å². The van der Waals surface area contributed by atoms with Gasteiger partial charge in [-0.3, -0.25) is 4.79 Å². The van der Waals surface area contributed by atoms with Gasteiger partial charge in [-0.1, -0.05) is 6.92 Å². The highest BCUT2D eigenvalue weighted by Gasteiger charge is 2.22. The molecule has 1 aromatic rings. The van der Waals surface area contributed by atoms with Gasteiger partial charge in [0.15, 0.2) is 5.69 Å². The second-order valence-electron chi connectivity index (χ2n) is 4.72. The zero-order chi connectivity index (χ0) is 12.4. The molecule has 5 nitrogen and oxygen atoms in total. The SMILES string of the molecule is CC1CCC(n2nc(C(=O)O)ccc2=O)CC1. The Balaban J connectivity index is 2.28. The van der Waals surface area contributed by atoms with Crippen LogP contribution in [0.4, 0.5) is 0 Å². The van der Waals surface area contributed by atoms with Crippen LogP contribution in [0.15, 0.2) is 16.9 Å². The number of carbonyl (C=O) groups is 1. The molecule has 1 aliphatic carbocycles. The van der Waals surface area contributed by atoms with Crippen molar-refractivity contribution in [2.75, 3.05) is 0 Å². The molecule has 5 heteroatoms. The van der Waals surface area contributed by atoms with Gasteiger partial charge in [-0.25, -0.2) is 9.48 Å². The number of carboxylic acids is 1. The first kappa shape index (κ1) is 11.8. The molecule has 0 spiro atoms. The van der Waals surface area contributed by atoms with Crippen LogP contribution in [-0.4, -0.2) is 20.9 Å². The van der Waals surface area contributed by atoms with E-state index in [1.54, 1.807) is 0 Å². The summed E-state index contributed by atoms with van der Waals surface area (Å²) >= 11 is 0. The molecule has 2 rings (SSSR count). The Hall–Kier alpha value is -1.65. The molecule has 1 fully saturated rings. The lowest BCUT2D eigenvalue weighted by molar-refractivity contribution is 0.0686. The Labute approximate surface area is 99.1 Å². The van der Waals surface area contributed by atoms with Crippen LogP contribution in [0.5, 0.6) is 0 Å². The van der Waals surface area contributed by atoms with Crippen LogP contribution >= 0.6 is 0 Å². The lowest BCUT2D eigenvalue weighted by Gasteiger charge is -2.26. The van der Waals surface area contributed by atoms with E-state index in [2.05, 4.69) is 12.0 Å². The third kappa shape index (κ3) is 2.54. The number of rotatable bonds is 2. The van der Waals surface area contributed by atoms with Crippen LogP contribution in [0.3, 0.4) is 0 Å². The van der Waals surface area contributed by atoms with Crippen molar-refractivity contribution in [2.24, 2.45) is 5.92 Å². The number of aromatic carboxylic acids is 1. The zero-order valence-corrected chi connectivity index (χ0v) is 9.80. The minimum atomic E-state index is -1.09. The number of hydrogen-bond acceptors (Lipinski definition) is 3. The third-order valence-electron chi connectivity index (χ3n) is 3.38. The highest BCUT2D eigenvalue weighted by molar-refractivity contribution is 5.84. The monoisotopic (exact) mass is 236 g/mol. The Bertz CT molecular complexity index is 473. The number of nitrogens with zero attached hydrogens (tertiary/aromatic N) is 2. The molecule has 0 unspecified atom stereocenters. The molecule has 1 N–H and O–H groups in total. The summed E-state index contributed by atoms with van der Waals surface area (Å²) in [6.45, 7) is 2.19. The summed E-state index contributed by atoms with van der Waals surface area (Å²) in [5.41, 5.74) is -0.280. The maximum absolute atomic E-state index is 11.7. The van der Waals surface area contributed by atoms with Crippen molar-refractivity contribution >= 4 is 5.97 Å². The maximum Gasteiger partial charge on any atom is 0.356 e. The fourth-order valence-corrected chi connectivity index (χ4v) is 2.29. The Morgan fingerprint density at radius 3 is 2.59 bits per heavy atom. The second-order valence-corrected chi connectivity index (χ2v) is 4.72. The predicted octanol–water partition coefficient (Wildman–Crippen LogP) is 1.69. The van der Waals surface area contributed by atoms with Crippen LogP contribution in [0, 0.1) is 5.92 Å². The quantitative estimate of drug-likeness (QED) is 0.848. The molecule has 17 heavy (non-hydrogen) atoms. The summed E-state index contributed by atoms with van der Waals surface area (Å²) in [7, 11) is 0. The summed E-state index contributed by atoms with van der Waals surface area (Å²) < 4.78 is 1.34. The molecule has 1 aliphatic rings. The van der Waals surface area contributed by atoms with Crippen molar-refractivity contribution in [3.8, 4) is 0 Å². The van der Waals surface area contributed by atoms with Gasteiger partial charge in [0.1, 0.15) is 0 Å². The summed E-state index contributed by atoms with van der Waals surface area (Å²) in [6.07, 6.45) is 3.93. The number of aromatic nitrogens is 2. The van der Waals surface area contributed by atoms with Crippen LogP contribution < -0.4 is 5.56 Å². The van der Waals surface area contributed by atoms with Gasteiger partial charge in [0, 0.05) is 6.07 Å². The predicted molar refractivity (Wildman–Crippen MR) is 62.1 cm³/mol. The van der Waals surface area contributed by atoms with Gasteiger partial charge in [0.05, 0.1) is 6.04 Å². The van der Waals surface area contributed by atoms with E-state index in [9.17, 15) is 9.59 Å². The molecule has 0 bridgehead atoms. The Morgan fingerprint density at radius 2 is 2.00 bits per heavy atom. The molecule has 92 valence electrons. The Kier molecular flexibility index (Phi) is 3.26. The smallest absolute Gasteiger partial charge is 0.356 e. The normalized spacial score (nSPS) is 24.5. The maximum atomic E-state index is 11.7. The van der Waals surface area contributed by atoms with E-state index in [1.807, 2.05) is 0 Å². The molecule has 0 aromatic carbocycles. The number of carboxylic acid groups (broad SMARTS) is 1. The molecule has 1 aromatic heterocycles. The number of hydrogen-bond donors (Lipinski definition) is 1.